The normalized spacial score (nSPS) is 11.5. The molecule has 0 aliphatic rings. The lowest BCUT2D eigenvalue weighted by molar-refractivity contribution is -0.115. The molecule has 1 aromatic heterocycles. The van der Waals surface area contributed by atoms with Gasteiger partial charge in [0.15, 0.2) is 5.13 Å². The van der Waals surface area contributed by atoms with Gasteiger partial charge in [-0.1, -0.05) is 38.4 Å². The summed E-state index contributed by atoms with van der Waals surface area (Å²) in [6.07, 6.45) is -0.115. The summed E-state index contributed by atoms with van der Waals surface area (Å²) in [4.78, 5) is 16.3. The minimum atomic E-state index is -0.479. The van der Waals surface area contributed by atoms with E-state index in [1.165, 1.54) is 23.5 Å². The zero-order valence-corrected chi connectivity index (χ0v) is 13.6. The van der Waals surface area contributed by atoms with Crippen LogP contribution in [-0.2, 0) is 16.6 Å². The zero-order chi connectivity index (χ0) is 15.6. The minimum Gasteiger partial charge on any atom is -0.302 e. The number of aromatic nitrogens is 1. The van der Waals surface area contributed by atoms with E-state index in [1.54, 1.807) is 6.07 Å². The van der Waals surface area contributed by atoms with E-state index in [4.69, 9.17) is 11.6 Å². The number of carbonyl (C=O) groups excluding carboxylic acids is 1. The van der Waals surface area contributed by atoms with Crippen molar-refractivity contribution in [3.63, 3.8) is 0 Å². The van der Waals surface area contributed by atoms with Gasteiger partial charge >= 0.3 is 0 Å². The van der Waals surface area contributed by atoms with Gasteiger partial charge in [-0.2, -0.15) is 0 Å². The number of nitrogens with one attached hydrogen (secondary N) is 1. The first-order chi connectivity index (χ1) is 9.77. The van der Waals surface area contributed by atoms with Crippen LogP contribution in [0.15, 0.2) is 23.6 Å². The van der Waals surface area contributed by atoms with Crippen molar-refractivity contribution in [1.82, 2.24) is 4.98 Å². The summed E-state index contributed by atoms with van der Waals surface area (Å²) in [5.41, 5.74) is 1.03. The molecular formula is C15H16ClFN2OS. The van der Waals surface area contributed by atoms with Gasteiger partial charge in [-0.25, -0.2) is 9.37 Å². The lowest BCUT2D eigenvalue weighted by atomic mass is 9.93. The Kier molecular flexibility index (Phi) is 4.64. The lowest BCUT2D eigenvalue weighted by Crippen LogP contribution is -2.16. The molecule has 1 heterocycles. The van der Waals surface area contributed by atoms with Gasteiger partial charge in [0, 0.05) is 21.4 Å². The van der Waals surface area contributed by atoms with Gasteiger partial charge in [-0.3, -0.25) is 4.79 Å². The van der Waals surface area contributed by atoms with Crippen molar-refractivity contribution in [1.29, 1.82) is 0 Å². The molecule has 3 nitrogen and oxygen atoms in total. The topological polar surface area (TPSA) is 42.0 Å². The number of halogens is 2. The van der Waals surface area contributed by atoms with Crippen molar-refractivity contribution < 1.29 is 9.18 Å². The maximum absolute atomic E-state index is 13.6. The highest BCUT2D eigenvalue weighted by atomic mass is 35.5. The summed E-state index contributed by atoms with van der Waals surface area (Å²) in [5.74, 6) is -0.816. The number of hydrogen-bond acceptors (Lipinski definition) is 3. The number of carbonyl (C=O) groups is 1. The molecule has 21 heavy (non-hydrogen) atoms. The Morgan fingerprint density at radius 3 is 2.71 bits per heavy atom. The van der Waals surface area contributed by atoms with E-state index < -0.39 is 5.82 Å². The molecule has 1 aromatic carbocycles. The van der Waals surface area contributed by atoms with E-state index in [0.29, 0.717) is 5.13 Å². The zero-order valence-electron chi connectivity index (χ0n) is 12.0. The SMILES string of the molecule is CC(C)(C)c1csc(NC(=O)Cc2c(F)cccc2Cl)n1. The molecule has 0 fully saturated rings. The van der Waals surface area contributed by atoms with Gasteiger partial charge in [0.05, 0.1) is 12.1 Å². The predicted octanol–water partition coefficient (Wildman–Crippen LogP) is 4.41. The average Bonchev–Trinajstić information content (AvgIpc) is 2.82. The van der Waals surface area contributed by atoms with Crippen LogP contribution >= 0.6 is 22.9 Å². The molecule has 0 saturated heterocycles. The van der Waals surface area contributed by atoms with Crippen LogP contribution in [0.2, 0.25) is 5.02 Å². The first-order valence-electron chi connectivity index (χ1n) is 6.46. The van der Waals surface area contributed by atoms with Gasteiger partial charge in [-0.05, 0) is 12.1 Å². The summed E-state index contributed by atoms with van der Waals surface area (Å²) in [6, 6.07) is 4.36. The molecule has 0 aliphatic heterocycles. The first-order valence-corrected chi connectivity index (χ1v) is 7.72. The largest absolute Gasteiger partial charge is 0.302 e. The third-order valence-corrected chi connectivity index (χ3v) is 4.03. The maximum Gasteiger partial charge on any atom is 0.230 e. The van der Waals surface area contributed by atoms with E-state index in [1.807, 2.05) is 26.2 Å². The van der Waals surface area contributed by atoms with Crippen molar-refractivity contribution in [3.8, 4) is 0 Å². The molecule has 0 atom stereocenters. The van der Waals surface area contributed by atoms with E-state index in [-0.39, 0.29) is 28.3 Å². The van der Waals surface area contributed by atoms with Crippen LogP contribution in [0.3, 0.4) is 0 Å². The van der Waals surface area contributed by atoms with Crippen molar-refractivity contribution >= 4 is 34.0 Å². The summed E-state index contributed by atoms with van der Waals surface area (Å²) < 4.78 is 13.6. The standard InChI is InChI=1S/C15H16ClFN2OS/c1-15(2,3)12-8-21-14(18-12)19-13(20)7-9-10(16)5-4-6-11(9)17/h4-6,8H,7H2,1-3H3,(H,18,19,20). The van der Waals surface area contributed by atoms with Gasteiger partial charge in [-0.15, -0.1) is 11.3 Å². The van der Waals surface area contributed by atoms with Crippen LogP contribution in [0.4, 0.5) is 9.52 Å². The molecular weight excluding hydrogens is 311 g/mol. The van der Waals surface area contributed by atoms with Crippen LogP contribution in [0.1, 0.15) is 32.0 Å². The summed E-state index contributed by atoms with van der Waals surface area (Å²) in [7, 11) is 0. The number of nitrogens with zero attached hydrogens (tertiary/aromatic N) is 1. The van der Waals surface area contributed by atoms with Crippen molar-refractivity contribution in [2.75, 3.05) is 5.32 Å². The van der Waals surface area contributed by atoms with Crippen LogP contribution in [0.25, 0.3) is 0 Å². The lowest BCUT2D eigenvalue weighted by Gasteiger charge is -2.14. The van der Waals surface area contributed by atoms with E-state index >= 15 is 0 Å². The minimum absolute atomic E-state index is 0.0751. The molecule has 112 valence electrons. The Morgan fingerprint density at radius 1 is 1.43 bits per heavy atom. The third-order valence-electron chi connectivity index (χ3n) is 2.92. The summed E-state index contributed by atoms with van der Waals surface area (Å²) in [6.45, 7) is 6.15. The van der Waals surface area contributed by atoms with Crippen LogP contribution in [0.5, 0.6) is 0 Å². The number of amides is 1. The highest BCUT2D eigenvalue weighted by Crippen LogP contribution is 2.26. The quantitative estimate of drug-likeness (QED) is 0.907. The highest BCUT2D eigenvalue weighted by molar-refractivity contribution is 7.13. The van der Waals surface area contributed by atoms with Crippen molar-refractivity contribution in [3.05, 3.63) is 45.7 Å². The number of benzene rings is 1. The molecule has 0 bridgehead atoms. The molecule has 0 unspecified atom stereocenters. The Balaban J connectivity index is 2.07. The van der Waals surface area contributed by atoms with Crippen LogP contribution in [-0.4, -0.2) is 10.9 Å². The third kappa shape index (κ3) is 4.02. The maximum atomic E-state index is 13.6. The molecule has 1 N–H and O–H groups in total. The molecule has 0 spiro atoms. The smallest absolute Gasteiger partial charge is 0.230 e. The van der Waals surface area contributed by atoms with Gasteiger partial charge in [0.2, 0.25) is 5.91 Å². The molecule has 0 aliphatic carbocycles. The van der Waals surface area contributed by atoms with Gasteiger partial charge in [0.1, 0.15) is 5.82 Å². The van der Waals surface area contributed by atoms with Gasteiger partial charge in [0.25, 0.3) is 0 Å². The van der Waals surface area contributed by atoms with E-state index in [9.17, 15) is 9.18 Å². The highest BCUT2D eigenvalue weighted by Gasteiger charge is 2.18. The molecule has 0 saturated carbocycles. The van der Waals surface area contributed by atoms with Gasteiger partial charge < -0.3 is 5.32 Å². The molecule has 2 aromatic rings. The van der Waals surface area contributed by atoms with E-state index in [2.05, 4.69) is 10.3 Å². The van der Waals surface area contributed by atoms with Crippen molar-refractivity contribution in [2.45, 2.75) is 32.6 Å². The fraction of sp³-hybridized carbons (Fsp3) is 0.333. The molecule has 1 amide bonds. The Bertz CT molecular complexity index is 644. The second-order valence-corrected chi connectivity index (χ2v) is 6.98. The number of thiazole rings is 1. The average molecular weight is 327 g/mol. The fourth-order valence-electron chi connectivity index (χ4n) is 1.70. The molecule has 0 radical (unpaired) electrons. The second kappa shape index (κ2) is 6.12. The molecule has 6 heteroatoms. The van der Waals surface area contributed by atoms with Crippen LogP contribution < -0.4 is 5.32 Å². The summed E-state index contributed by atoms with van der Waals surface area (Å²) in [5, 5.41) is 5.35. The van der Waals surface area contributed by atoms with E-state index in [0.717, 1.165) is 5.69 Å². The molecule has 2 rings (SSSR count). The first kappa shape index (κ1) is 15.9. The second-order valence-electron chi connectivity index (χ2n) is 5.71. The monoisotopic (exact) mass is 326 g/mol. The Labute approximate surface area is 132 Å². The Hall–Kier alpha value is -1.46. The van der Waals surface area contributed by atoms with Crippen LogP contribution in [0, 0.1) is 5.82 Å². The van der Waals surface area contributed by atoms with Crippen molar-refractivity contribution in [2.24, 2.45) is 0 Å². The fourth-order valence-corrected chi connectivity index (χ4v) is 2.88. The number of hydrogen-bond donors (Lipinski definition) is 1. The summed E-state index contributed by atoms with van der Waals surface area (Å²) >= 11 is 7.26. The number of rotatable bonds is 3. The number of anilines is 1. The predicted molar refractivity (Wildman–Crippen MR) is 84.6 cm³/mol. The Morgan fingerprint density at radius 2 is 2.14 bits per heavy atom.